The lowest BCUT2D eigenvalue weighted by molar-refractivity contribution is -0.148. The summed E-state index contributed by atoms with van der Waals surface area (Å²) in [6.07, 6.45) is -0.139. The van der Waals surface area contributed by atoms with Gasteiger partial charge in [0.1, 0.15) is 25.0 Å². The lowest BCUT2D eigenvalue weighted by atomic mass is 9.75. The maximum absolute atomic E-state index is 13.1. The van der Waals surface area contributed by atoms with E-state index in [0.717, 1.165) is 22.3 Å². The van der Waals surface area contributed by atoms with E-state index in [-0.39, 0.29) is 54.8 Å². The summed E-state index contributed by atoms with van der Waals surface area (Å²) in [5, 5.41) is 22.5. The average molecular weight is 681 g/mol. The van der Waals surface area contributed by atoms with Crippen LogP contribution in [0.5, 0.6) is 0 Å². The molecule has 0 fully saturated rings. The van der Waals surface area contributed by atoms with Crippen LogP contribution in [0, 0.1) is 11.3 Å². The van der Waals surface area contributed by atoms with Gasteiger partial charge in [-0.15, -0.1) is 0 Å². The zero-order valence-electron chi connectivity index (χ0n) is 28.9. The average Bonchev–Trinajstić information content (AvgIpc) is 3.37. The molecule has 3 aromatic carbocycles. The van der Waals surface area contributed by atoms with Crippen LogP contribution in [0.3, 0.4) is 0 Å². The first-order valence-corrected chi connectivity index (χ1v) is 16.9. The molecule has 3 N–H and O–H groups in total. The highest BCUT2D eigenvalue weighted by Gasteiger charge is 2.35. The van der Waals surface area contributed by atoms with Crippen LogP contribution in [0.4, 0.5) is 10.5 Å². The lowest BCUT2D eigenvalue weighted by Crippen LogP contribution is -2.42. The molecular weight excluding hydrogens is 636 g/mol. The maximum Gasteiger partial charge on any atom is 0.407 e. The Kier molecular flexibility index (Phi) is 11.2. The van der Waals surface area contributed by atoms with Crippen LogP contribution in [-0.2, 0) is 30.5 Å². The highest BCUT2D eigenvalue weighted by atomic mass is 16.6. The van der Waals surface area contributed by atoms with Crippen LogP contribution in [0.1, 0.15) is 82.4 Å². The van der Waals surface area contributed by atoms with Gasteiger partial charge in [-0.25, -0.2) is 9.59 Å². The normalized spacial score (nSPS) is 16.1. The van der Waals surface area contributed by atoms with Crippen molar-refractivity contribution in [2.45, 2.75) is 78.4 Å². The van der Waals surface area contributed by atoms with Gasteiger partial charge in [-0.3, -0.25) is 14.6 Å². The van der Waals surface area contributed by atoms with Gasteiger partial charge in [-0.1, -0.05) is 88.4 Å². The van der Waals surface area contributed by atoms with Crippen molar-refractivity contribution in [2.75, 3.05) is 6.61 Å². The van der Waals surface area contributed by atoms with E-state index < -0.39 is 24.1 Å². The number of hydrogen-bond donors (Lipinski definition) is 3. The monoisotopic (exact) mass is 680 g/mol. The molecule has 0 aromatic heterocycles. The number of carboxylic acid groups (broad SMARTS) is 1. The Balaban J connectivity index is 1.21. The van der Waals surface area contributed by atoms with E-state index in [1.54, 1.807) is 24.3 Å². The summed E-state index contributed by atoms with van der Waals surface area (Å²) < 4.78 is 11.1. The molecule has 10 heteroatoms. The molecule has 2 aliphatic carbocycles. The van der Waals surface area contributed by atoms with Gasteiger partial charge >= 0.3 is 18.0 Å². The number of aliphatic hydroxyl groups excluding tert-OH is 1. The van der Waals surface area contributed by atoms with Crippen LogP contribution in [-0.4, -0.2) is 52.4 Å². The largest absolute Gasteiger partial charge is 0.511 e. The van der Waals surface area contributed by atoms with Gasteiger partial charge in [-0.2, -0.15) is 0 Å². The van der Waals surface area contributed by atoms with Crippen molar-refractivity contribution in [3.05, 3.63) is 101 Å². The van der Waals surface area contributed by atoms with E-state index in [1.165, 1.54) is 0 Å². The number of aliphatic carboxylic acids is 1. The summed E-state index contributed by atoms with van der Waals surface area (Å²) in [6.45, 7) is 7.86. The summed E-state index contributed by atoms with van der Waals surface area (Å²) in [6, 6.07) is 21.5. The minimum Gasteiger partial charge on any atom is -0.511 e. The molecule has 0 saturated heterocycles. The summed E-state index contributed by atoms with van der Waals surface area (Å²) in [7, 11) is 0. The molecule has 0 radical (unpaired) electrons. The molecule has 50 heavy (non-hydrogen) atoms. The number of aliphatic imine (C=N–C) groups is 1. The van der Waals surface area contributed by atoms with Gasteiger partial charge in [0.15, 0.2) is 5.78 Å². The summed E-state index contributed by atoms with van der Waals surface area (Å²) >= 11 is 0. The molecule has 1 atom stereocenters. The molecule has 0 bridgehead atoms. The highest BCUT2D eigenvalue weighted by molar-refractivity contribution is 6.23. The smallest absolute Gasteiger partial charge is 0.407 e. The number of carbonyl (C=O) groups is 4. The molecule has 0 heterocycles. The van der Waals surface area contributed by atoms with Crippen molar-refractivity contribution < 1.29 is 38.9 Å². The number of carboxylic acids is 1. The van der Waals surface area contributed by atoms with Crippen molar-refractivity contribution in [2.24, 2.45) is 16.3 Å². The molecule has 5 rings (SSSR count). The number of ether oxygens (including phenoxy) is 2. The number of benzene rings is 3. The second-order valence-corrected chi connectivity index (χ2v) is 14.1. The molecule has 0 saturated carbocycles. The molecule has 0 aliphatic heterocycles. The number of aliphatic hydroxyl groups is 1. The number of nitrogens with one attached hydrogen (secondary N) is 1. The van der Waals surface area contributed by atoms with E-state index >= 15 is 0 Å². The summed E-state index contributed by atoms with van der Waals surface area (Å²) in [5.41, 5.74) is 5.97. The predicted octanol–water partition coefficient (Wildman–Crippen LogP) is 7.82. The molecule has 2 aliphatic rings. The first-order valence-electron chi connectivity index (χ1n) is 16.9. The topological polar surface area (TPSA) is 152 Å². The predicted molar refractivity (Wildman–Crippen MR) is 189 cm³/mol. The molecular formula is C40H44N2O8. The number of nitrogens with zero attached hydrogens (tertiary/aromatic N) is 1. The van der Waals surface area contributed by atoms with E-state index in [9.17, 15) is 29.4 Å². The lowest BCUT2D eigenvalue weighted by Gasteiger charge is -2.30. The number of hydrogen-bond acceptors (Lipinski definition) is 8. The summed E-state index contributed by atoms with van der Waals surface area (Å²) in [5.74, 6) is -1.94. The van der Waals surface area contributed by atoms with Crippen molar-refractivity contribution in [3.63, 3.8) is 0 Å². The van der Waals surface area contributed by atoms with Crippen LogP contribution in [0.2, 0.25) is 0 Å². The number of esters is 1. The molecule has 0 spiro atoms. The third kappa shape index (κ3) is 8.85. The van der Waals surface area contributed by atoms with Crippen LogP contribution in [0.15, 0.2) is 89.1 Å². The van der Waals surface area contributed by atoms with Gasteiger partial charge < -0.3 is 25.0 Å². The Labute approximate surface area is 292 Å². The number of alkyl carbamates (subject to hydrolysis) is 1. The van der Waals surface area contributed by atoms with Crippen LogP contribution < -0.4 is 5.32 Å². The molecule has 1 amide bonds. The van der Waals surface area contributed by atoms with Gasteiger partial charge in [0, 0.05) is 25.2 Å². The molecule has 3 aromatic rings. The molecule has 0 unspecified atom stereocenters. The minimum absolute atomic E-state index is 0.0390. The van der Waals surface area contributed by atoms with E-state index in [1.807, 2.05) is 76.2 Å². The Morgan fingerprint density at radius 3 is 2.12 bits per heavy atom. The van der Waals surface area contributed by atoms with Crippen LogP contribution in [0.25, 0.3) is 11.1 Å². The highest BCUT2D eigenvalue weighted by Crippen LogP contribution is 2.44. The van der Waals surface area contributed by atoms with Gasteiger partial charge in [0.2, 0.25) is 0 Å². The number of rotatable bonds is 13. The Morgan fingerprint density at radius 2 is 1.54 bits per heavy atom. The second-order valence-electron chi connectivity index (χ2n) is 14.1. The SMILES string of the molecule is CC(C)CC(=Nc1ccc(COC(=O)[C@@H](CCC(=O)O)NC(=O)OCC2c3ccccc3-c3ccccc32)cc1)C1=C(O)CC(C)(C)CC1=O. The van der Waals surface area contributed by atoms with Crippen LogP contribution >= 0.6 is 0 Å². The number of allylic oxidation sites excluding steroid dienone is 2. The van der Waals surface area contributed by atoms with Crippen molar-refractivity contribution >= 4 is 35.2 Å². The quantitative estimate of drug-likeness (QED) is 0.122. The molecule has 262 valence electrons. The Hall–Kier alpha value is -5.25. The first kappa shape index (κ1) is 36.0. The zero-order valence-corrected chi connectivity index (χ0v) is 28.9. The fraction of sp³-hybridized carbons (Fsp3) is 0.375. The van der Waals surface area contributed by atoms with Crippen molar-refractivity contribution in [1.29, 1.82) is 0 Å². The number of fused-ring (bicyclic) bond motifs is 3. The fourth-order valence-electron chi connectivity index (χ4n) is 6.58. The standard InChI is InChI=1S/C40H44N2O8/c1-24(2)19-33(37-34(43)20-40(3,4)21-35(37)44)41-26-15-13-25(14-16-26)22-49-38(47)32(17-18-36(45)46)42-39(48)50-23-31-29-11-7-5-9-27(29)28-10-6-8-12-30(28)31/h5-16,24,31-32,43H,17-23H2,1-4H3,(H,42,48)(H,45,46)/t32-/m1/s1. The Morgan fingerprint density at radius 1 is 0.920 bits per heavy atom. The summed E-state index contributed by atoms with van der Waals surface area (Å²) in [4.78, 5) is 55.0. The van der Waals surface area contributed by atoms with Gasteiger partial charge in [-0.05, 0) is 64.1 Å². The minimum atomic E-state index is -1.23. The third-order valence-electron chi connectivity index (χ3n) is 8.89. The number of amides is 1. The Bertz CT molecular complexity index is 1780. The molecule has 10 nitrogen and oxygen atoms in total. The first-order chi connectivity index (χ1) is 23.8. The van der Waals surface area contributed by atoms with E-state index in [0.29, 0.717) is 41.8 Å². The van der Waals surface area contributed by atoms with Gasteiger partial charge in [0.05, 0.1) is 17.0 Å². The number of ketones is 1. The number of carbonyl (C=O) groups excluding carboxylic acids is 3. The third-order valence-corrected chi connectivity index (χ3v) is 8.89. The van der Waals surface area contributed by atoms with E-state index in [2.05, 4.69) is 5.32 Å². The van der Waals surface area contributed by atoms with Crippen molar-refractivity contribution in [3.8, 4) is 11.1 Å². The second kappa shape index (κ2) is 15.5. The van der Waals surface area contributed by atoms with E-state index in [4.69, 9.17) is 14.5 Å². The van der Waals surface area contributed by atoms with Crippen molar-refractivity contribution in [1.82, 2.24) is 5.32 Å². The zero-order chi connectivity index (χ0) is 36.0. The number of Topliss-reactive ketones (excluding diaryl/α,β-unsaturated/α-hetero) is 1. The maximum atomic E-state index is 13.1. The van der Waals surface area contributed by atoms with Gasteiger partial charge in [0.25, 0.3) is 0 Å². The fourth-order valence-corrected chi connectivity index (χ4v) is 6.58.